The molecule has 36 heavy (non-hydrogen) atoms. The Morgan fingerprint density at radius 1 is 1.17 bits per heavy atom. The molecular formula is C26H29N7O2S. The number of piperidine rings is 1. The summed E-state index contributed by atoms with van der Waals surface area (Å²) in [6.07, 6.45) is 6.23. The molecule has 0 spiro atoms. The minimum atomic E-state index is 0.0804. The van der Waals surface area contributed by atoms with Crippen molar-refractivity contribution in [2.24, 2.45) is 0 Å². The maximum absolute atomic E-state index is 13.1. The third kappa shape index (κ3) is 4.31. The summed E-state index contributed by atoms with van der Waals surface area (Å²) in [6.45, 7) is 7.30. The molecule has 0 unspecified atom stereocenters. The second-order valence-electron chi connectivity index (χ2n) is 9.43. The zero-order chi connectivity index (χ0) is 24.6. The fourth-order valence-electron chi connectivity index (χ4n) is 5.04. The molecule has 1 aliphatic rings. The molecule has 1 N–H and O–H groups in total. The van der Waals surface area contributed by atoms with E-state index in [4.69, 9.17) is 9.40 Å². The van der Waals surface area contributed by atoms with Crippen LogP contribution in [0.3, 0.4) is 0 Å². The number of nitrogens with one attached hydrogen (secondary N) is 1. The van der Waals surface area contributed by atoms with Gasteiger partial charge in [0.25, 0.3) is 5.56 Å². The van der Waals surface area contributed by atoms with E-state index in [0.717, 1.165) is 83.7 Å². The molecule has 0 amide bonds. The number of aryl methyl sites for hydroxylation is 2. The quantitative estimate of drug-likeness (QED) is 0.360. The van der Waals surface area contributed by atoms with Gasteiger partial charge < -0.3 is 14.6 Å². The van der Waals surface area contributed by atoms with Crippen molar-refractivity contribution < 1.29 is 4.42 Å². The van der Waals surface area contributed by atoms with Crippen LogP contribution in [0, 0.1) is 13.8 Å². The number of imidazole rings is 1. The number of aromatic nitrogens is 5. The predicted molar refractivity (Wildman–Crippen MR) is 141 cm³/mol. The smallest absolute Gasteiger partial charge is 0.262 e. The summed E-state index contributed by atoms with van der Waals surface area (Å²) >= 11 is 1.52. The van der Waals surface area contributed by atoms with Gasteiger partial charge in [-0.05, 0) is 57.4 Å². The molecule has 0 saturated carbocycles. The van der Waals surface area contributed by atoms with E-state index in [1.54, 1.807) is 16.9 Å². The van der Waals surface area contributed by atoms with Crippen LogP contribution in [-0.4, -0.2) is 54.5 Å². The minimum Gasteiger partial charge on any atom is -0.467 e. The monoisotopic (exact) mass is 503 g/mol. The van der Waals surface area contributed by atoms with Crippen LogP contribution in [0.4, 0.5) is 5.95 Å². The third-order valence-corrected chi connectivity index (χ3v) is 7.98. The molecule has 1 fully saturated rings. The molecule has 6 heterocycles. The van der Waals surface area contributed by atoms with Gasteiger partial charge >= 0.3 is 0 Å². The Labute approximate surface area is 212 Å². The first kappa shape index (κ1) is 22.9. The third-order valence-electron chi connectivity index (χ3n) is 7.04. The number of likely N-dealkylation sites (tertiary alicyclic amines) is 1. The van der Waals surface area contributed by atoms with Crippen LogP contribution in [0.2, 0.25) is 0 Å². The highest BCUT2D eigenvalue weighted by atomic mass is 32.1. The van der Waals surface area contributed by atoms with Crippen molar-refractivity contribution >= 4 is 33.4 Å². The highest BCUT2D eigenvalue weighted by Gasteiger charge is 2.23. The highest BCUT2D eigenvalue weighted by molar-refractivity contribution is 7.15. The van der Waals surface area contributed by atoms with Gasteiger partial charge in [0.15, 0.2) is 10.6 Å². The minimum absolute atomic E-state index is 0.0804. The molecule has 9 nitrogen and oxygen atoms in total. The van der Waals surface area contributed by atoms with Crippen LogP contribution in [-0.2, 0) is 13.0 Å². The topological polar surface area (TPSA) is 93.5 Å². The van der Waals surface area contributed by atoms with Crippen molar-refractivity contribution in [2.45, 2.75) is 45.7 Å². The van der Waals surface area contributed by atoms with Crippen LogP contribution in [0.25, 0.3) is 16.1 Å². The largest absolute Gasteiger partial charge is 0.467 e. The Morgan fingerprint density at radius 3 is 2.83 bits per heavy atom. The molecule has 6 rings (SSSR count). The average molecular weight is 504 g/mol. The van der Waals surface area contributed by atoms with Crippen molar-refractivity contribution in [3.8, 4) is 0 Å². The Hall–Kier alpha value is -3.50. The summed E-state index contributed by atoms with van der Waals surface area (Å²) in [5.74, 6) is 1.70. The van der Waals surface area contributed by atoms with Gasteiger partial charge in [0.1, 0.15) is 11.3 Å². The molecule has 0 aromatic carbocycles. The van der Waals surface area contributed by atoms with Gasteiger partial charge in [0.2, 0.25) is 5.95 Å². The van der Waals surface area contributed by atoms with Gasteiger partial charge in [0.05, 0.1) is 12.8 Å². The lowest BCUT2D eigenvalue weighted by Gasteiger charge is -2.32. The van der Waals surface area contributed by atoms with Gasteiger partial charge in [-0.25, -0.2) is 15.0 Å². The molecule has 1 aliphatic heterocycles. The molecule has 5 aromatic rings. The van der Waals surface area contributed by atoms with E-state index in [0.29, 0.717) is 12.6 Å². The van der Waals surface area contributed by atoms with E-state index in [1.165, 1.54) is 11.3 Å². The Bertz CT molecular complexity index is 1560. The first-order valence-electron chi connectivity index (χ1n) is 12.4. The van der Waals surface area contributed by atoms with Gasteiger partial charge in [-0.2, -0.15) is 0 Å². The number of nitrogens with zero attached hydrogens (tertiary/aromatic N) is 6. The summed E-state index contributed by atoms with van der Waals surface area (Å²) in [7, 11) is 0. The van der Waals surface area contributed by atoms with E-state index in [9.17, 15) is 4.79 Å². The number of furan rings is 1. The van der Waals surface area contributed by atoms with Crippen molar-refractivity contribution in [3.05, 3.63) is 75.2 Å². The normalized spacial score (nSPS) is 15.3. The molecule has 10 heteroatoms. The van der Waals surface area contributed by atoms with Crippen LogP contribution in [0.5, 0.6) is 0 Å². The maximum atomic E-state index is 13.1. The molecule has 0 bridgehead atoms. The lowest BCUT2D eigenvalue weighted by molar-refractivity contribution is 0.220. The van der Waals surface area contributed by atoms with Crippen LogP contribution in [0.15, 0.2) is 51.3 Å². The number of anilines is 1. The van der Waals surface area contributed by atoms with E-state index in [1.807, 2.05) is 43.5 Å². The number of rotatable bonds is 7. The molecule has 0 radical (unpaired) electrons. The predicted octanol–water partition coefficient (Wildman–Crippen LogP) is 3.88. The Balaban J connectivity index is 1.11. The summed E-state index contributed by atoms with van der Waals surface area (Å²) in [5.41, 5.74) is 4.43. The van der Waals surface area contributed by atoms with Crippen LogP contribution in [0.1, 0.15) is 35.6 Å². The summed E-state index contributed by atoms with van der Waals surface area (Å²) < 4.78 is 9.41. The number of hydrogen-bond acceptors (Lipinski definition) is 8. The Kier molecular flexibility index (Phi) is 6.06. The van der Waals surface area contributed by atoms with Gasteiger partial charge in [0, 0.05) is 54.2 Å². The number of fused-ring (bicyclic) bond motifs is 2. The summed E-state index contributed by atoms with van der Waals surface area (Å²) in [4.78, 5) is 30.3. The molecule has 5 aromatic heterocycles. The van der Waals surface area contributed by atoms with E-state index >= 15 is 0 Å². The number of hydrogen-bond donors (Lipinski definition) is 1. The first-order valence-corrected chi connectivity index (χ1v) is 13.2. The number of pyridine rings is 1. The lowest BCUT2D eigenvalue weighted by atomic mass is 10.0. The zero-order valence-corrected chi connectivity index (χ0v) is 21.3. The summed E-state index contributed by atoms with van der Waals surface area (Å²) in [5, 5.41) is 5.66. The van der Waals surface area contributed by atoms with Crippen LogP contribution >= 0.6 is 11.3 Å². The Morgan fingerprint density at radius 2 is 2.03 bits per heavy atom. The second-order valence-corrected chi connectivity index (χ2v) is 10.3. The van der Waals surface area contributed by atoms with Gasteiger partial charge in [-0.3, -0.25) is 13.8 Å². The van der Waals surface area contributed by atoms with Crippen molar-refractivity contribution in [2.75, 3.05) is 25.0 Å². The maximum Gasteiger partial charge on any atom is 0.262 e. The second kappa shape index (κ2) is 9.51. The zero-order valence-electron chi connectivity index (χ0n) is 20.5. The van der Waals surface area contributed by atoms with Gasteiger partial charge in [-0.1, -0.05) is 0 Å². The fourth-order valence-corrected chi connectivity index (χ4v) is 5.94. The molecule has 186 valence electrons. The van der Waals surface area contributed by atoms with E-state index < -0.39 is 0 Å². The average Bonchev–Trinajstić information content (AvgIpc) is 3.60. The molecular weight excluding hydrogens is 474 g/mol. The van der Waals surface area contributed by atoms with Crippen molar-refractivity contribution in [1.82, 2.24) is 28.8 Å². The SMILES string of the molecule is Cc1nc2scc(C)n2c(=O)c1CCN1CCC(Nc2nc3cccnc3n2Cc2ccco2)CC1. The number of thiazole rings is 1. The standard InChI is InChI=1S/C26H29N7O2S/c1-17-16-36-26-28-18(2)21(24(34)33(17)26)9-13-31-11-7-19(8-12-31)29-25-30-22-6-3-10-27-23(22)32(25)15-20-5-4-14-35-20/h3-6,10,14,16,19H,7-9,11-13,15H2,1-2H3,(H,29,30). The first-order chi connectivity index (χ1) is 17.6. The van der Waals surface area contributed by atoms with Gasteiger partial charge in [-0.15, -0.1) is 11.3 Å². The van der Waals surface area contributed by atoms with Crippen molar-refractivity contribution in [1.29, 1.82) is 0 Å². The van der Waals surface area contributed by atoms with E-state index in [-0.39, 0.29) is 5.56 Å². The van der Waals surface area contributed by atoms with Crippen LogP contribution < -0.4 is 10.9 Å². The fraction of sp³-hybridized carbons (Fsp3) is 0.385. The molecule has 0 atom stereocenters. The molecule has 0 aliphatic carbocycles. The highest BCUT2D eigenvalue weighted by Crippen LogP contribution is 2.23. The lowest BCUT2D eigenvalue weighted by Crippen LogP contribution is -2.41. The summed E-state index contributed by atoms with van der Waals surface area (Å²) in [6, 6.07) is 8.10. The van der Waals surface area contributed by atoms with E-state index in [2.05, 4.69) is 24.8 Å². The molecule has 1 saturated heterocycles. The van der Waals surface area contributed by atoms with Crippen molar-refractivity contribution in [3.63, 3.8) is 0 Å².